The van der Waals surface area contributed by atoms with Gasteiger partial charge in [-0.1, -0.05) is 62.2 Å². The van der Waals surface area contributed by atoms with Gasteiger partial charge in [-0.2, -0.15) is 0 Å². The average Bonchev–Trinajstić information content (AvgIpc) is 2.45. The Bertz CT molecular complexity index is 628. The molecule has 0 aliphatic rings. The van der Waals surface area contributed by atoms with E-state index in [-0.39, 0.29) is 5.78 Å². The van der Waals surface area contributed by atoms with Crippen LogP contribution in [0, 0.1) is 0 Å². The Hall–Kier alpha value is -0.970. The number of hydrogen-bond donors (Lipinski definition) is 0. The maximum atomic E-state index is 12.2. The maximum Gasteiger partial charge on any atom is 0.165 e. The van der Waals surface area contributed by atoms with Crippen molar-refractivity contribution in [2.75, 3.05) is 13.6 Å². The van der Waals surface area contributed by atoms with Crippen LogP contribution >= 0.6 is 31.9 Å². The number of hydrogen-bond acceptors (Lipinski definition) is 2. The summed E-state index contributed by atoms with van der Waals surface area (Å²) >= 11 is 6.90. The Kier molecular flexibility index (Phi) is 6.15. The van der Waals surface area contributed by atoms with Crippen molar-refractivity contribution in [2.45, 2.75) is 13.0 Å². The lowest BCUT2D eigenvalue weighted by molar-refractivity contribution is 0.0967. The molecule has 0 radical (unpaired) electrons. The van der Waals surface area contributed by atoms with Crippen molar-refractivity contribution < 1.29 is 4.79 Å². The second-order valence-corrected chi connectivity index (χ2v) is 6.79. The van der Waals surface area contributed by atoms with Crippen molar-refractivity contribution in [3.05, 3.63) is 68.6 Å². The SMILES string of the molecule is CN(CCC(=O)c1ccccc1Br)Cc1cccc(Br)c1. The molecule has 4 heteroatoms. The monoisotopic (exact) mass is 409 g/mol. The smallest absolute Gasteiger partial charge is 0.165 e. The number of Topliss-reactive ketones (excluding diaryl/α,β-unsaturated/α-hetero) is 1. The highest BCUT2D eigenvalue weighted by Crippen LogP contribution is 2.18. The molecule has 0 heterocycles. The molecule has 0 unspecified atom stereocenters. The summed E-state index contributed by atoms with van der Waals surface area (Å²) in [6.45, 7) is 1.58. The molecule has 0 aliphatic heterocycles. The lowest BCUT2D eigenvalue weighted by atomic mass is 10.1. The van der Waals surface area contributed by atoms with Gasteiger partial charge in [-0.05, 0) is 30.8 Å². The van der Waals surface area contributed by atoms with Crippen molar-refractivity contribution in [1.82, 2.24) is 4.90 Å². The third-order valence-electron chi connectivity index (χ3n) is 3.24. The predicted octanol–water partition coefficient (Wildman–Crippen LogP) is 4.92. The van der Waals surface area contributed by atoms with Crippen LogP contribution in [-0.4, -0.2) is 24.3 Å². The Labute approximate surface area is 142 Å². The maximum absolute atomic E-state index is 12.2. The first-order chi connectivity index (χ1) is 10.1. The highest BCUT2D eigenvalue weighted by molar-refractivity contribution is 9.10. The van der Waals surface area contributed by atoms with E-state index in [2.05, 4.69) is 48.9 Å². The molecule has 0 saturated heterocycles. The first-order valence-corrected chi connectivity index (χ1v) is 8.35. The van der Waals surface area contributed by atoms with Gasteiger partial charge in [-0.15, -0.1) is 0 Å². The number of nitrogens with zero attached hydrogens (tertiary/aromatic N) is 1. The van der Waals surface area contributed by atoms with E-state index in [0.717, 1.165) is 27.6 Å². The molecule has 2 aromatic rings. The van der Waals surface area contributed by atoms with Gasteiger partial charge in [0.1, 0.15) is 0 Å². The molecule has 21 heavy (non-hydrogen) atoms. The zero-order valence-corrected chi connectivity index (χ0v) is 15.0. The lowest BCUT2D eigenvalue weighted by Gasteiger charge is -2.16. The van der Waals surface area contributed by atoms with Gasteiger partial charge in [0.05, 0.1) is 0 Å². The molecule has 0 amide bonds. The van der Waals surface area contributed by atoms with Gasteiger partial charge in [0.2, 0.25) is 0 Å². The zero-order valence-electron chi connectivity index (χ0n) is 11.9. The van der Waals surface area contributed by atoms with Crippen LogP contribution in [0.3, 0.4) is 0 Å². The van der Waals surface area contributed by atoms with Crippen LogP contribution in [0.5, 0.6) is 0 Å². The summed E-state index contributed by atoms with van der Waals surface area (Å²) in [5.41, 5.74) is 1.99. The normalized spacial score (nSPS) is 10.9. The number of halogens is 2. The zero-order chi connectivity index (χ0) is 15.2. The van der Waals surface area contributed by atoms with Crippen LogP contribution < -0.4 is 0 Å². The molecule has 2 nitrogen and oxygen atoms in total. The minimum absolute atomic E-state index is 0.170. The Morgan fingerprint density at radius 1 is 1.10 bits per heavy atom. The molecule has 0 aromatic heterocycles. The van der Waals surface area contributed by atoms with Crippen molar-refractivity contribution in [3.8, 4) is 0 Å². The quantitative estimate of drug-likeness (QED) is 0.630. The van der Waals surface area contributed by atoms with E-state index in [1.807, 2.05) is 43.4 Å². The van der Waals surface area contributed by atoms with E-state index in [1.165, 1.54) is 5.56 Å². The van der Waals surface area contributed by atoms with E-state index in [0.29, 0.717) is 6.42 Å². The van der Waals surface area contributed by atoms with Crippen LogP contribution in [0.1, 0.15) is 22.3 Å². The third kappa shape index (κ3) is 5.06. The molecule has 2 aromatic carbocycles. The van der Waals surface area contributed by atoms with Crippen LogP contribution in [0.15, 0.2) is 57.5 Å². The minimum atomic E-state index is 0.170. The van der Waals surface area contributed by atoms with Crippen molar-refractivity contribution in [3.63, 3.8) is 0 Å². The molecule has 0 aliphatic carbocycles. The van der Waals surface area contributed by atoms with Crippen LogP contribution in [0.25, 0.3) is 0 Å². The Balaban J connectivity index is 1.88. The number of ketones is 1. The fourth-order valence-electron chi connectivity index (χ4n) is 2.14. The Morgan fingerprint density at radius 3 is 2.57 bits per heavy atom. The number of carbonyl (C=O) groups is 1. The van der Waals surface area contributed by atoms with Gasteiger partial charge in [-0.3, -0.25) is 4.79 Å². The number of rotatable bonds is 6. The van der Waals surface area contributed by atoms with Crippen LogP contribution in [0.2, 0.25) is 0 Å². The van der Waals surface area contributed by atoms with Crippen LogP contribution in [0.4, 0.5) is 0 Å². The highest BCUT2D eigenvalue weighted by atomic mass is 79.9. The van der Waals surface area contributed by atoms with Gasteiger partial charge in [-0.25, -0.2) is 0 Å². The largest absolute Gasteiger partial charge is 0.302 e. The molecule has 2 rings (SSSR count). The van der Waals surface area contributed by atoms with Gasteiger partial charge < -0.3 is 4.90 Å². The van der Waals surface area contributed by atoms with Crippen molar-refractivity contribution in [1.29, 1.82) is 0 Å². The third-order valence-corrected chi connectivity index (χ3v) is 4.42. The first kappa shape index (κ1) is 16.4. The summed E-state index contributed by atoms with van der Waals surface area (Å²) in [4.78, 5) is 14.4. The highest BCUT2D eigenvalue weighted by Gasteiger charge is 2.10. The second-order valence-electron chi connectivity index (χ2n) is 5.02. The van der Waals surface area contributed by atoms with Gasteiger partial charge >= 0.3 is 0 Å². The van der Waals surface area contributed by atoms with E-state index in [4.69, 9.17) is 0 Å². The molecule has 0 bridgehead atoms. The standard InChI is InChI=1S/C17H17Br2NO/c1-20(12-13-5-4-6-14(18)11-13)10-9-17(21)15-7-2-3-8-16(15)19/h2-8,11H,9-10,12H2,1H3. The average molecular weight is 411 g/mol. The molecule has 0 N–H and O–H groups in total. The number of benzene rings is 2. The minimum Gasteiger partial charge on any atom is -0.302 e. The van der Waals surface area contributed by atoms with E-state index < -0.39 is 0 Å². The van der Waals surface area contributed by atoms with Gasteiger partial charge in [0.15, 0.2) is 5.78 Å². The van der Waals surface area contributed by atoms with E-state index >= 15 is 0 Å². The summed E-state index contributed by atoms with van der Waals surface area (Å²) in [5.74, 6) is 0.170. The Morgan fingerprint density at radius 2 is 1.86 bits per heavy atom. The van der Waals surface area contributed by atoms with Crippen LogP contribution in [-0.2, 0) is 6.54 Å². The lowest BCUT2D eigenvalue weighted by Crippen LogP contribution is -2.21. The van der Waals surface area contributed by atoms with E-state index in [9.17, 15) is 4.79 Å². The first-order valence-electron chi connectivity index (χ1n) is 6.77. The van der Waals surface area contributed by atoms with Gasteiger partial charge in [0, 0.05) is 34.0 Å². The topological polar surface area (TPSA) is 20.3 Å². The van der Waals surface area contributed by atoms with Crippen molar-refractivity contribution >= 4 is 37.6 Å². The summed E-state index contributed by atoms with van der Waals surface area (Å²) in [5, 5.41) is 0. The fraction of sp³-hybridized carbons (Fsp3) is 0.235. The summed E-state index contributed by atoms with van der Waals surface area (Å²) < 4.78 is 1.95. The molecular formula is C17H17Br2NO. The summed E-state index contributed by atoms with van der Waals surface area (Å²) in [7, 11) is 2.04. The molecule has 0 atom stereocenters. The predicted molar refractivity (Wildman–Crippen MR) is 93.6 cm³/mol. The molecule has 110 valence electrons. The molecule has 0 fully saturated rings. The number of carbonyl (C=O) groups excluding carboxylic acids is 1. The summed E-state index contributed by atoms with van der Waals surface area (Å²) in [6, 6.07) is 15.8. The molecular weight excluding hydrogens is 394 g/mol. The van der Waals surface area contributed by atoms with Gasteiger partial charge in [0.25, 0.3) is 0 Å². The summed E-state index contributed by atoms with van der Waals surface area (Å²) in [6.07, 6.45) is 0.521. The second kappa shape index (κ2) is 7.87. The molecule has 0 saturated carbocycles. The molecule has 0 spiro atoms. The fourth-order valence-corrected chi connectivity index (χ4v) is 3.09. The van der Waals surface area contributed by atoms with E-state index in [1.54, 1.807) is 0 Å². The van der Waals surface area contributed by atoms with Crippen molar-refractivity contribution in [2.24, 2.45) is 0 Å².